The van der Waals surface area contributed by atoms with Crippen molar-refractivity contribution < 1.29 is 28.4 Å². The third-order valence-electron chi connectivity index (χ3n) is 4.53. The molecule has 0 fully saturated rings. The van der Waals surface area contributed by atoms with Gasteiger partial charge in [-0.25, -0.2) is 14.3 Å². The van der Waals surface area contributed by atoms with Crippen LogP contribution < -0.4 is 22.3 Å². The van der Waals surface area contributed by atoms with Gasteiger partial charge in [-0.3, -0.25) is 19.6 Å². The minimum Gasteiger partial charge on any atom is -0.366 e. The Morgan fingerprint density at radius 3 is 1.79 bits per heavy atom. The summed E-state index contributed by atoms with van der Waals surface area (Å²) in [7, 11) is 0. The molecule has 0 heterocycles. The maximum Gasteiger partial charge on any atom is 0.268 e. The van der Waals surface area contributed by atoms with Crippen LogP contribution in [-0.2, 0) is 4.79 Å². The van der Waals surface area contributed by atoms with Gasteiger partial charge in [0.15, 0.2) is 0 Å². The molecule has 2 rings (SSSR count). The number of hydrogen-bond acceptors (Lipinski definition) is 5. The fourth-order valence-electron chi connectivity index (χ4n) is 2.54. The molecule has 0 aliphatic carbocycles. The molecule has 2 atom stereocenters. The fraction of sp³-hybridized carbons (Fsp3) is 0.174. The van der Waals surface area contributed by atoms with Gasteiger partial charge in [-0.15, -0.1) is 0 Å². The highest BCUT2D eigenvalue weighted by molar-refractivity contribution is 5.98. The summed E-state index contributed by atoms with van der Waals surface area (Å²) in [4.78, 5) is 35.2. The largest absolute Gasteiger partial charge is 0.366 e. The van der Waals surface area contributed by atoms with Crippen LogP contribution in [0.3, 0.4) is 0 Å². The smallest absolute Gasteiger partial charge is 0.268 e. The Labute approximate surface area is 188 Å². The summed E-state index contributed by atoms with van der Waals surface area (Å²) in [6.07, 6.45) is -3.15. The average molecular weight is 454 g/mol. The molecule has 0 saturated carbocycles. The number of hydroxylamine groups is 1. The molecular weight excluding hydrogens is 434 g/mol. The van der Waals surface area contributed by atoms with E-state index >= 15 is 0 Å². The summed E-state index contributed by atoms with van der Waals surface area (Å²) in [5, 5.41) is 10.9. The van der Waals surface area contributed by atoms with Crippen LogP contribution in [0.2, 0.25) is 0 Å². The van der Waals surface area contributed by atoms with Gasteiger partial charge in [-0.05, 0) is 67.3 Å². The van der Waals surface area contributed by atoms with Crippen molar-refractivity contribution in [3.05, 3.63) is 70.8 Å². The number of benzene rings is 2. The first-order valence-electron chi connectivity index (χ1n) is 9.40. The Bertz CT molecular complexity index is 1160. The number of halogens is 2. The molecule has 0 radical (unpaired) electrons. The second kappa shape index (κ2) is 10.9. The van der Waals surface area contributed by atoms with Gasteiger partial charge >= 0.3 is 0 Å². The molecule has 7 N–H and O–H groups in total. The molecule has 170 valence electrons. The normalized spacial score (nSPS) is 12.8. The van der Waals surface area contributed by atoms with Crippen molar-refractivity contribution in [2.45, 2.75) is 24.9 Å². The third kappa shape index (κ3) is 6.61. The summed E-state index contributed by atoms with van der Waals surface area (Å²) in [6.45, 7) is 0.879. The van der Waals surface area contributed by atoms with Crippen molar-refractivity contribution in [3.63, 3.8) is 0 Å². The van der Waals surface area contributed by atoms with E-state index in [9.17, 15) is 23.2 Å². The number of alkyl halides is 2. The number of carbonyl (C=O) groups excluding carboxylic acids is 3. The van der Waals surface area contributed by atoms with E-state index in [2.05, 4.69) is 29.0 Å². The van der Waals surface area contributed by atoms with E-state index in [0.717, 1.165) is 6.92 Å². The summed E-state index contributed by atoms with van der Waals surface area (Å²) in [5.74, 6) is 8.20. The van der Waals surface area contributed by atoms with Crippen molar-refractivity contribution in [1.82, 2.24) is 10.8 Å². The third-order valence-corrected chi connectivity index (χ3v) is 4.53. The van der Waals surface area contributed by atoms with E-state index < -0.39 is 35.7 Å². The summed E-state index contributed by atoms with van der Waals surface area (Å²) < 4.78 is 26.4. The second-order valence-corrected chi connectivity index (χ2v) is 7.07. The van der Waals surface area contributed by atoms with Crippen molar-refractivity contribution in [2.24, 2.45) is 11.5 Å². The lowest BCUT2D eigenvalue weighted by Crippen LogP contribution is -2.66. The second-order valence-electron chi connectivity index (χ2n) is 7.07. The molecule has 33 heavy (non-hydrogen) atoms. The molecule has 2 aromatic rings. The Morgan fingerprint density at radius 1 is 0.939 bits per heavy atom. The Hall–Kier alpha value is -4.25. The standard InChI is InChI=1S/C23H20F2N4O4/c1-23(27,22(24)25)18(21(32)29-33)28-20(31)17-12-8-15(9-13-17)5-3-2-4-14-6-10-16(11-7-14)19(26)30/h6-13,18,22,33H,27H2,1H3,(H2,26,30)(H,28,31)(H,29,32). The number of nitrogens with two attached hydrogens (primary N) is 2. The molecule has 2 aromatic carbocycles. The van der Waals surface area contributed by atoms with Crippen LogP contribution in [0.1, 0.15) is 38.8 Å². The molecule has 10 heteroatoms. The van der Waals surface area contributed by atoms with E-state index in [4.69, 9.17) is 16.7 Å². The fourth-order valence-corrected chi connectivity index (χ4v) is 2.54. The molecular formula is C23H20F2N4O4. The predicted molar refractivity (Wildman–Crippen MR) is 115 cm³/mol. The van der Waals surface area contributed by atoms with Crippen LogP contribution in [-0.4, -0.2) is 40.9 Å². The van der Waals surface area contributed by atoms with Gasteiger partial charge in [0.1, 0.15) is 11.6 Å². The topological polar surface area (TPSA) is 148 Å². The summed E-state index contributed by atoms with van der Waals surface area (Å²) >= 11 is 0. The SMILES string of the molecule is CC(N)(C(F)F)C(NC(=O)c1ccc(C#CC#Cc2ccc(C(N)=O)cc2)cc1)C(=O)NO. The Kier molecular flexibility index (Phi) is 8.24. The molecule has 3 amide bonds. The number of amides is 3. The molecule has 0 aromatic heterocycles. The van der Waals surface area contributed by atoms with Gasteiger partial charge in [0.2, 0.25) is 5.91 Å². The molecule has 0 saturated heterocycles. The number of hydrogen-bond donors (Lipinski definition) is 5. The van der Waals surface area contributed by atoms with E-state index in [0.29, 0.717) is 16.7 Å². The highest BCUT2D eigenvalue weighted by atomic mass is 19.3. The lowest BCUT2D eigenvalue weighted by molar-refractivity contribution is -0.134. The number of carbonyl (C=O) groups is 3. The van der Waals surface area contributed by atoms with Crippen LogP contribution in [0, 0.1) is 23.7 Å². The van der Waals surface area contributed by atoms with Crippen LogP contribution >= 0.6 is 0 Å². The highest BCUT2D eigenvalue weighted by Gasteiger charge is 2.44. The predicted octanol–water partition coefficient (Wildman–Crippen LogP) is 0.775. The van der Waals surface area contributed by atoms with Gasteiger partial charge < -0.3 is 16.8 Å². The molecule has 2 unspecified atom stereocenters. The van der Waals surface area contributed by atoms with Gasteiger partial charge in [-0.2, -0.15) is 0 Å². The minimum absolute atomic E-state index is 0.0574. The zero-order valence-electron chi connectivity index (χ0n) is 17.4. The van der Waals surface area contributed by atoms with E-state index in [-0.39, 0.29) is 5.56 Å². The zero-order chi connectivity index (χ0) is 24.6. The minimum atomic E-state index is -3.15. The van der Waals surface area contributed by atoms with Gasteiger partial charge in [0.25, 0.3) is 18.2 Å². The molecule has 0 aliphatic heterocycles. The number of rotatable bonds is 6. The first-order valence-corrected chi connectivity index (χ1v) is 9.40. The first-order chi connectivity index (χ1) is 15.6. The first kappa shape index (κ1) is 25.0. The van der Waals surface area contributed by atoms with E-state index in [1.165, 1.54) is 29.7 Å². The monoisotopic (exact) mass is 454 g/mol. The maximum absolute atomic E-state index is 13.2. The molecule has 0 spiro atoms. The quantitative estimate of drug-likeness (QED) is 0.249. The Balaban J connectivity index is 2.09. The van der Waals surface area contributed by atoms with Crippen LogP contribution in [0.4, 0.5) is 8.78 Å². The summed E-state index contributed by atoms with van der Waals surface area (Å²) in [5.41, 5.74) is 11.0. The maximum atomic E-state index is 13.2. The summed E-state index contributed by atoms with van der Waals surface area (Å²) in [6, 6.07) is 10.2. The van der Waals surface area contributed by atoms with Crippen molar-refractivity contribution in [1.29, 1.82) is 0 Å². The molecule has 0 bridgehead atoms. The lowest BCUT2D eigenvalue weighted by atomic mass is 9.92. The molecule has 0 aliphatic rings. The van der Waals surface area contributed by atoms with E-state index in [1.54, 1.807) is 24.3 Å². The lowest BCUT2D eigenvalue weighted by Gasteiger charge is -2.32. The van der Waals surface area contributed by atoms with E-state index in [1.807, 2.05) is 0 Å². The van der Waals surface area contributed by atoms with Gasteiger partial charge in [-0.1, -0.05) is 11.8 Å². The van der Waals surface area contributed by atoms with Crippen molar-refractivity contribution in [2.75, 3.05) is 0 Å². The zero-order valence-corrected chi connectivity index (χ0v) is 17.4. The molecule has 8 nitrogen and oxygen atoms in total. The van der Waals surface area contributed by atoms with Crippen LogP contribution in [0.25, 0.3) is 0 Å². The highest BCUT2D eigenvalue weighted by Crippen LogP contribution is 2.18. The van der Waals surface area contributed by atoms with Gasteiger partial charge in [0, 0.05) is 22.3 Å². The van der Waals surface area contributed by atoms with Crippen molar-refractivity contribution in [3.8, 4) is 23.7 Å². The van der Waals surface area contributed by atoms with Crippen molar-refractivity contribution >= 4 is 17.7 Å². The van der Waals surface area contributed by atoms with Gasteiger partial charge in [0.05, 0.1) is 0 Å². The number of primary amides is 1. The number of nitrogens with one attached hydrogen (secondary N) is 2. The Morgan fingerprint density at radius 2 is 1.39 bits per heavy atom. The van der Waals surface area contributed by atoms with Crippen LogP contribution in [0.15, 0.2) is 48.5 Å². The van der Waals surface area contributed by atoms with Crippen LogP contribution in [0.5, 0.6) is 0 Å². The average Bonchev–Trinajstić information content (AvgIpc) is 2.80.